The number of hydrogen-bond acceptors (Lipinski definition) is 2. The van der Waals surface area contributed by atoms with E-state index in [1.807, 2.05) is 0 Å². The molecular formula is C11H20O2. The highest BCUT2D eigenvalue weighted by Gasteiger charge is 2.32. The molecule has 13 heavy (non-hydrogen) atoms. The van der Waals surface area contributed by atoms with Crippen LogP contribution in [0.1, 0.15) is 32.6 Å². The fourth-order valence-corrected chi connectivity index (χ4v) is 2.34. The molecule has 2 rings (SSSR count). The van der Waals surface area contributed by atoms with Crippen molar-refractivity contribution in [1.29, 1.82) is 0 Å². The van der Waals surface area contributed by atoms with Gasteiger partial charge in [-0.1, -0.05) is 19.8 Å². The molecule has 1 aliphatic heterocycles. The molecular weight excluding hydrogens is 164 g/mol. The summed E-state index contributed by atoms with van der Waals surface area (Å²) in [6.07, 6.45) is 4.71. The van der Waals surface area contributed by atoms with E-state index in [4.69, 9.17) is 4.74 Å². The van der Waals surface area contributed by atoms with Crippen LogP contribution in [0, 0.1) is 17.8 Å². The molecule has 3 unspecified atom stereocenters. The molecule has 0 aromatic carbocycles. The summed E-state index contributed by atoms with van der Waals surface area (Å²) in [5, 5.41) is 10.00. The maximum absolute atomic E-state index is 10.00. The smallest absolute Gasteiger partial charge is 0.0575 e. The van der Waals surface area contributed by atoms with Gasteiger partial charge in [-0.05, 0) is 30.6 Å². The second-order valence-corrected chi connectivity index (χ2v) is 4.75. The molecule has 0 bridgehead atoms. The molecule has 0 radical (unpaired) electrons. The largest absolute Gasteiger partial charge is 0.393 e. The van der Waals surface area contributed by atoms with Gasteiger partial charge in [-0.15, -0.1) is 0 Å². The molecule has 1 saturated carbocycles. The molecule has 2 heteroatoms. The van der Waals surface area contributed by atoms with Gasteiger partial charge in [0.1, 0.15) is 0 Å². The van der Waals surface area contributed by atoms with E-state index in [1.54, 1.807) is 0 Å². The number of rotatable bonds is 3. The van der Waals surface area contributed by atoms with E-state index in [9.17, 15) is 5.11 Å². The lowest BCUT2D eigenvalue weighted by atomic mass is 9.83. The number of aliphatic hydroxyl groups excluding tert-OH is 1. The van der Waals surface area contributed by atoms with Crippen molar-refractivity contribution in [1.82, 2.24) is 0 Å². The summed E-state index contributed by atoms with van der Waals surface area (Å²) in [6, 6.07) is 0. The second kappa shape index (κ2) is 3.97. The topological polar surface area (TPSA) is 29.5 Å². The zero-order valence-electron chi connectivity index (χ0n) is 8.41. The summed E-state index contributed by atoms with van der Waals surface area (Å²) in [4.78, 5) is 0. The van der Waals surface area contributed by atoms with Gasteiger partial charge in [0.05, 0.1) is 6.10 Å². The van der Waals surface area contributed by atoms with Crippen LogP contribution >= 0.6 is 0 Å². The maximum Gasteiger partial charge on any atom is 0.0575 e. The fraction of sp³-hybridized carbons (Fsp3) is 1.00. The van der Waals surface area contributed by atoms with Gasteiger partial charge in [0, 0.05) is 13.2 Å². The first-order chi connectivity index (χ1) is 6.27. The predicted molar refractivity (Wildman–Crippen MR) is 51.4 cm³/mol. The Labute approximate surface area is 80.3 Å². The minimum absolute atomic E-state index is 0.0635. The van der Waals surface area contributed by atoms with Crippen LogP contribution in [0.25, 0.3) is 0 Å². The molecule has 0 aromatic heterocycles. The SMILES string of the molecule is CC1COCCC1C(O)CC1CC1. The van der Waals surface area contributed by atoms with Gasteiger partial charge in [-0.25, -0.2) is 0 Å². The van der Waals surface area contributed by atoms with Crippen molar-refractivity contribution in [2.75, 3.05) is 13.2 Å². The molecule has 0 aromatic rings. The Bertz CT molecular complexity index is 165. The Morgan fingerprint density at radius 3 is 2.77 bits per heavy atom. The minimum atomic E-state index is -0.0635. The molecule has 2 nitrogen and oxygen atoms in total. The third-order valence-electron chi connectivity index (χ3n) is 3.47. The fourth-order valence-electron chi connectivity index (χ4n) is 2.34. The van der Waals surface area contributed by atoms with E-state index in [0.29, 0.717) is 11.8 Å². The van der Waals surface area contributed by atoms with E-state index in [-0.39, 0.29) is 6.10 Å². The molecule has 1 heterocycles. The summed E-state index contributed by atoms with van der Waals surface area (Å²) in [7, 11) is 0. The zero-order valence-corrected chi connectivity index (χ0v) is 8.41. The van der Waals surface area contributed by atoms with Crippen molar-refractivity contribution in [3.8, 4) is 0 Å². The van der Waals surface area contributed by atoms with Crippen molar-refractivity contribution in [2.24, 2.45) is 17.8 Å². The van der Waals surface area contributed by atoms with Gasteiger partial charge < -0.3 is 9.84 Å². The lowest BCUT2D eigenvalue weighted by Crippen LogP contribution is -2.34. The van der Waals surface area contributed by atoms with Gasteiger partial charge in [0.2, 0.25) is 0 Å². The highest BCUT2D eigenvalue weighted by atomic mass is 16.5. The molecule has 1 N–H and O–H groups in total. The van der Waals surface area contributed by atoms with Crippen molar-refractivity contribution in [3.05, 3.63) is 0 Å². The molecule has 0 spiro atoms. The first-order valence-corrected chi connectivity index (χ1v) is 5.53. The third kappa shape index (κ3) is 2.44. The lowest BCUT2D eigenvalue weighted by molar-refractivity contribution is -0.0339. The van der Waals surface area contributed by atoms with E-state index >= 15 is 0 Å². The van der Waals surface area contributed by atoms with Crippen LogP contribution in [0.3, 0.4) is 0 Å². The summed E-state index contributed by atoms with van der Waals surface area (Å²) in [5.74, 6) is 1.88. The molecule has 76 valence electrons. The molecule has 3 atom stereocenters. The van der Waals surface area contributed by atoms with Crippen LogP contribution in [0.2, 0.25) is 0 Å². The van der Waals surface area contributed by atoms with E-state index in [1.165, 1.54) is 12.8 Å². The third-order valence-corrected chi connectivity index (χ3v) is 3.47. The summed E-state index contributed by atoms with van der Waals surface area (Å²) in [6.45, 7) is 3.88. The van der Waals surface area contributed by atoms with E-state index < -0.39 is 0 Å². The van der Waals surface area contributed by atoms with Crippen LogP contribution in [0.4, 0.5) is 0 Å². The quantitative estimate of drug-likeness (QED) is 0.725. The van der Waals surface area contributed by atoms with Crippen LogP contribution in [0.5, 0.6) is 0 Å². The minimum Gasteiger partial charge on any atom is -0.393 e. The van der Waals surface area contributed by atoms with Crippen LogP contribution in [0.15, 0.2) is 0 Å². The summed E-state index contributed by atoms with van der Waals surface area (Å²) >= 11 is 0. The highest BCUT2D eigenvalue weighted by molar-refractivity contribution is 4.83. The first kappa shape index (κ1) is 9.47. The number of aliphatic hydroxyl groups is 1. The normalized spacial score (nSPS) is 37.4. The average molecular weight is 184 g/mol. The van der Waals surface area contributed by atoms with Crippen molar-refractivity contribution in [2.45, 2.75) is 38.7 Å². The Morgan fingerprint density at radius 2 is 2.15 bits per heavy atom. The summed E-state index contributed by atoms with van der Waals surface area (Å²) in [5.41, 5.74) is 0. The Kier molecular flexibility index (Phi) is 2.89. The first-order valence-electron chi connectivity index (χ1n) is 5.53. The highest BCUT2D eigenvalue weighted by Crippen LogP contribution is 2.37. The number of hydrogen-bond donors (Lipinski definition) is 1. The predicted octanol–water partition coefficient (Wildman–Crippen LogP) is 1.82. The van der Waals surface area contributed by atoms with E-state index in [0.717, 1.165) is 32.0 Å². The van der Waals surface area contributed by atoms with Gasteiger partial charge >= 0.3 is 0 Å². The molecule has 0 amide bonds. The molecule has 1 aliphatic carbocycles. The molecule has 2 fully saturated rings. The van der Waals surface area contributed by atoms with Crippen LogP contribution < -0.4 is 0 Å². The Balaban J connectivity index is 1.81. The van der Waals surface area contributed by atoms with Crippen LogP contribution in [-0.2, 0) is 4.74 Å². The monoisotopic (exact) mass is 184 g/mol. The molecule has 1 saturated heterocycles. The number of ether oxygens (including phenoxy) is 1. The van der Waals surface area contributed by atoms with Crippen LogP contribution in [-0.4, -0.2) is 24.4 Å². The van der Waals surface area contributed by atoms with E-state index in [2.05, 4.69) is 6.92 Å². The standard InChI is InChI=1S/C11H20O2/c1-8-7-13-5-4-10(8)11(12)6-9-2-3-9/h8-12H,2-7H2,1H3. The van der Waals surface area contributed by atoms with Crippen molar-refractivity contribution >= 4 is 0 Å². The summed E-state index contributed by atoms with van der Waals surface area (Å²) < 4.78 is 5.37. The van der Waals surface area contributed by atoms with Gasteiger partial charge in [-0.2, -0.15) is 0 Å². The second-order valence-electron chi connectivity index (χ2n) is 4.75. The van der Waals surface area contributed by atoms with Gasteiger partial charge in [0.15, 0.2) is 0 Å². The zero-order chi connectivity index (χ0) is 9.26. The maximum atomic E-state index is 10.00. The van der Waals surface area contributed by atoms with Crippen molar-refractivity contribution < 1.29 is 9.84 Å². The Hall–Kier alpha value is -0.0800. The Morgan fingerprint density at radius 1 is 1.38 bits per heavy atom. The van der Waals surface area contributed by atoms with Gasteiger partial charge in [0.25, 0.3) is 0 Å². The lowest BCUT2D eigenvalue weighted by Gasteiger charge is -2.32. The molecule has 2 aliphatic rings. The van der Waals surface area contributed by atoms with Crippen molar-refractivity contribution in [3.63, 3.8) is 0 Å². The average Bonchev–Trinajstić information content (AvgIpc) is 2.89. The van der Waals surface area contributed by atoms with Gasteiger partial charge in [-0.3, -0.25) is 0 Å².